The number of alkyl halides is 2. The molecular weight excluding hydrogens is 386 g/mol. The van der Waals surface area contributed by atoms with Gasteiger partial charge in [0.2, 0.25) is 0 Å². The summed E-state index contributed by atoms with van der Waals surface area (Å²) in [4.78, 5) is 3.43. The Morgan fingerprint density at radius 2 is 2.00 bits per heavy atom. The molecule has 1 rings (SSSR count). The van der Waals surface area contributed by atoms with Crippen molar-refractivity contribution in [3.8, 4) is 0 Å². The Bertz CT molecular complexity index is 471. The van der Waals surface area contributed by atoms with Crippen molar-refractivity contribution in [3.05, 3.63) is 20.4 Å². The van der Waals surface area contributed by atoms with Gasteiger partial charge in [0.05, 0.1) is 10.6 Å². The highest BCUT2D eigenvalue weighted by Crippen LogP contribution is 2.32. The molecule has 0 atom stereocenters. The molecule has 0 aliphatic rings. The highest BCUT2D eigenvalue weighted by molar-refractivity contribution is 14.1. The van der Waals surface area contributed by atoms with E-state index >= 15 is 0 Å². The van der Waals surface area contributed by atoms with Crippen LogP contribution in [-0.4, -0.2) is 13.4 Å². The van der Waals surface area contributed by atoms with Crippen molar-refractivity contribution >= 4 is 53.9 Å². The second-order valence-electron chi connectivity index (χ2n) is 2.39. The van der Waals surface area contributed by atoms with E-state index in [1.165, 1.54) is 22.6 Å². The smallest absolute Gasteiger partial charge is 0.228 e. The van der Waals surface area contributed by atoms with Gasteiger partial charge < -0.3 is 0 Å². The predicted octanol–water partition coefficient (Wildman–Crippen LogP) is 3.20. The molecule has 1 heterocycles. The molecule has 0 unspecified atom stereocenters. The largest absolute Gasteiger partial charge is 0.278 e. The van der Waals surface area contributed by atoms with Gasteiger partial charge in [0.1, 0.15) is 3.70 Å². The molecule has 0 radical (unpaired) electrons. The maximum Gasteiger partial charge on any atom is 0.278 e. The minimum atomic E-state index is -4.06. The van der Waals surface area contributed by atoms with Gasteiger partial charge in [-0.05, 0) is 28.7 Å². The molecule has 1 aromatic heterocycles. The highest BCUT2D eigenvalue weighted by atomic mass is 127. The molecule has 0 fully saturated rings. The van der Waals surface area contributed by atoms with Gasteiger partial charge in [-0.1, -0.05) is 11.6 Å². The summed E-state index contributed by atoms with van der Waals surface area (Å²) in [7, 11) is 0.931. The summed E-state index contributed by atoms with van der Waals surface area (Å²) in [6.45, 7) is 0. The number of rotatable bonds is 2. The fourth-order valence-electron chi connectivity index (χ4n) is 0.793. The zero-order chi connectivity index (χ0) is 11.8. The van der Waals surface area contributed by atoms with Crippen molar-refractivity contribution in [1.29, 1.82) is 0 Å². The van der Waals surface area contributed by atoms with Crippen LogP contribution >= 0.6 is 44.9 Å². The molecule has 0 saturated heterocycles. The first-order valence-electron chi connectivity index (χ1n) is 3.32. The van der Waals surface area contributed by atoms with E-state index in [0.29, 0.717) is 0 Å². The van der Waals surface area contributed by atoms with Crippen LogP contribution in [0.1, 0.15) is 12.0 Å². The third kappa shape index (κ3) is 3.11. The molecular formula is C6H2Cl2F2INO2S. The molecule has 0 aliphatic carbocycles. The minimum absolute atomic E-state index is 0.186. The maximum atomic E-state index is 12.4. The standard InChI is InChI=1S/C6H2Cl2F2INO2S/c7-2-1-3(15(8,13)14)12-6(11)4(2)5(9)10/h1,5H. The number of nitrogens with zero attached hydrogens (tertiary/aromatic N) is 1. The average Bonchev–Trinajstić information content (AvgIpc) is 1.99. The van der Waals surface area contributed by atoms with Crippen LogP contribution in [0.15, 0.2) is 11.1 Å². The van der Waals surface area contributed by atoms with Gasteiger partial charge >= 0.3 is 0 Å². The lowest BCUT2D eigenvalue weighted by Gasteiger charge is -2.06. The summed E-state index contributed by atoms with van der Waals surface area (Å²) in [6.07, 6.45) is -2.82. The molecule has 3 nitrogen and oxygen atoms in total. The van der Waals surface area contributed by atoms with Gasteiger partial charge in [-0.3, -0.25) is 0 Å². The fraction of sp³-hybridized carbons (Fsp3) is 0.167. The SMILES string of the molecule is O=S(=O)(Cl)c1cc(Cl)c(C(F)F)c(I)n1. The molecule has 15 heavy (non-hydrogen) atoms. The van der Waals surface area contributed by atoms with E-state index in [1.807, 2.05) is 0 Å². The molecule has 1 aromatic rings. The number of halogens is 5. The lowest BCUT2D eigenvalue weighted by Crippen LogP contribution is -2.02. The van der Waals surface area contributed by atoms with E-state index < -0.39 is 26.1 Å². The lowest BCUT2D eigenvalue weighted by atomic mass is 10.3. The number of hydrogen-bond acceptors (Lipinski definition) is 3. The molecule has 9 heteroatoms. The van der Waals surface area contributed by atoms with E-state index in [4.69, 9.17) is 22.3 Å². The molecule has 0 aromatic carbocycles. The zero-order valence-corrected chi connectivity index (χ0v) is 11.2. The zero-order valence-electron chi connectivity index (χ0n) is 6.72. The van der Waals surface area contributed by atoms with Crippen molar-refractivity contribution in [1.82, 2.24) is 4.98 Å². The number of hydrogen-bond donors (Lipinski definition) is 0. The molecule has 84 valence electrons. The van der Waals surface area contributed by atoms with E-state index in [1.54, 1.807) is 0 Å². The van der Waals surface area contributed by atoms with E-state index in [9.17, 15) is 17.2 Å². The van der Waals surface area contributed by atoms with Crippen LogP contribution in [0.2, 0.25) is 5.02 Å². The second-order valence-corrected chi connectivity index (χ2v) is 6.33. The van der Waals surface area contributed by atoms with Gasteiger partial charge in [-0.15, -0.1) is 0 Å². The summed E-state index contributed by atoms with van der Waals surface area (Å²) in [6, 6.07) is 0.799. The van der Waals surface area contributed by atoms with Crippen molar-refractivity contribution in [3.63, 3.8) is 0 Å². The van der Waals surface area contributed by atoms with Crippen LogP contribution in [0.3, 0.4) is 0 Å². The maximum absolute atomic E-state index is 12.4. The first kappa shape index (κ1) is 13.3. The Labute approximate surface area is 107 Å². The third-order valence-corrected chi connectivity index (χ3v) is 3.72. The van der Waals surface area contributed by atoms with Crippen LogP contribution in [-0.2, 0) is 9.05 Å². The number of aromatic nitrogens is 1. The minimum Gasteiger partial charge on any atom is -0.228 e. The van der Waals surface area contributed by atoms with E-state index in [2.05, 4.69) is 4.98 Å². The van der Waals surface area contributed by atoms with Gasteiger partial charge in [0.15, 0.2) is 5.03 Å². The van der Waals surface area contributed by atoms with E-state index in [-0.39, 0.29) is 8.72 Å². The molecule has 0 N–H and O–H groups in total. The van der Waals surface area contributed by atoms with Crippen LogP contribution in [0.5, 0.6) is 0 Å². The quantitative estimate of drug-likeness (QED) is 0.444. The predicted molar refractivity (Wildman–Crippen MR) is 60.0 cm³/mol. The van der Waals surface area contributed by atoms with Crippen molar-refractivity contribution in [2.75, 3.05) is 0 Å². The molecule has 0 bridgehead atoms. The Balaban J connectivity index is 3.45. The highest BCUT2D eigenvalue weighted by Gasteiger charge is 2.22. The lowest BCUT2D eigenvalue weighted by molar-refractivity contribution is 0.150. The molecule has 0 aliphatic heterocycles. The first-order chi connectivity index (χ1) is 6.73. The summed E-state index contributed by atoms with van der Waals surface area (Å²) in [5.41, 5.74) is -0.499. The summed E-state index contributed by atoms with van der Waals surface area (Å²) in [5.74, 6) is 0. The second kappa shape index (κ2) is 4.64. The van der Waals surface area contributed by atoms with Crippen LogP contribution < -0.4 is 0 Å². The first-order valence-corrected chi connectivity index (χ1v) is 7.09. The Hall–Kier alpha value is 0.270. The van der Waals surface area contributed by atoms with E-state index in [0.717, 1.165) is 6.07 Å². The third-order valence-electron chi connectivity index (χ3n) is 1.41. The Kier molecular flexibility index (Phi) is 4.13. The fourth-order valence-corrected chi connectivity index (χ4v) is 2.94. The van der Waals surface area contributed by atoms with Crippen molar-refractivity contribution in [2.24, 2.45) is 0 Å². The van der Waals surface area contributed by atoms with Gasteiger partial charge in [-0.25, -0.2) is 22.2 Å². The summed E-state index contributed by atoms with van der Waals surface area (Å²) < 4.78 is 46.4. The van der Waals surface area contributed by atoms with Crippen molar-refractivity contribution in [2.45, 2.75) is 11.5 Å². The monoisotopic (exact) mass is 387 g/mol. The normalized spacial score (nSPS) is 12.1. The Morgan fingerprint density at radius 1 is 1.47 bits per heavy atom. The topological polar surface area (TPSA) is 47.0 Å². The van der Waals surface area contributed by atoms with Crippen LogP contribution in [0.25, 0.3) is 0 Å². The van der Waals surface area contributed by atoms with Gasteiger partial charge in [-0.2, -0.15) is 0 Å². The molecule has 0 spiro atoms. The van der Waals surface area contributed by atoms with Crippen LogP contribution in [0, 0.1) is 3.70 Å². The van der Waals surface area contributed by atoms with Crippen LogP contribution in [0.4, 0.5) is 8.78 Å². The molecule has 0 amide bonds. The average molecular weight is 388 g/mol. The molecule has 0 saturated carbocycles. The van der Waals surface area contributed by atoms with Gasteiger partial charge in [0.25, 0.3) is 15.5 Å². The van der Waals surface area contributed by atoms with Gasteiger partial charge in [0, 0.05) is 10.7 Å². The number of pyridine rings is 1. The summed E-state index contributed by atoms with van der Waals surface area (Å²) in [5, 5.41) is -0.911. The Morgan fingerprint density at radius 3 is 2.33 bits per heavy atom. The summed E-state index contributed by atoms with van der Waals surface area (Å²) >= 11 is 6.96. The van der Waals surface area contributed by atoms with Crippen molar-refractivity contribution < 1.29 is 17.2 Å².